The van der Waals surface area contributed by atoms with E-state index in [9.17, 15) is 14.4 Å². The highest BCUT2D eigenvalue weighted by atomic mass is 16.2. The maximum Gasteiger partial charge on any atom is 0.251 e. The molecule has 158 valence electrons. The van der Waals surface area contributed by atoms with Crippen LogP contribution in [0.15, 0.2) is 48.5 Å². The Morgan fingerprint density at radius 3 is 2.30 bits per heavy atom. The SMILES string of the molecule is CNC(=O)c1ccc(NC(=O)CNc2cccc(C(=O)NC3CCCCC3)c2)cc1. The van der Waals surface area contributed by atoms with Crippen molar-refractivity contribution < 1.29 is 14.4 Å². The van der Waals surface area contributed by atoms with Gasteiger partial charge >= 0.3 is 0 Å². The van der Waals surface area contributed by atoms with Gasteiger partial charge in [-0.05, 0) is 55.3 Å². The van der Waals surface area contributed by atoms with E-state index in [2.05, 4.69) is 21.3 Å². The van der Waals surface area contributed by atoms with Crippen molar-refractivity contribution in [3.05, 3.63) is 59.7 Å². The van der Waals surface area contributed by atoms with Gasteiger partial charge in [0.05, 0.1) is 6.54 Å². The van der Waals surface area contributed by atoms with E-state index in [1.807, 2.05) is 6.07 Å². The second-order valence-electron chi connectivity index (χ2n) is 7.45. The summed E-state index contributed by atoms with van der Waals surface area (Å²) in [4.78, 5) is 36.3. The van der Waals surface area contributed by atoms with E-state index in [4.69, 9.17) is 0 Å². The zero-order valence-electron chi connectivity index (χ0n) is 17.2. The molecule has 4 N–H and O–H groups in total. The number of hydrogen-bond donors (Lipinski definition) is 4. The van der Waals surface area contributed by atoms with Crippen LogP contribution in [-0.2, 0) is 4.79 Å². The van der Waals surface area contributed by atoms with Gasteiger partial charge < -0.3 is 21.3 Å². The van der Waals surface area contributed by atoms with E-state index in [1.165, 1.54) is 6.42 Å². The molecule has 0 spiro atoms. The van der Waals surface area contributed by atoms with Gasteiger partial charge in [0.15, 0.2) is 0 Å². The molecule has 0 bridgehead atoms. The monoisotopic (exact) mass is 408 g/mol. The van der Waals surface area contributed by atoms with Crippen molar-refractivity contribution in [3.8, 4) is 0 Å². The smallest absolute Gasteiger partial charge is 0.251 e. The zero-order valence-corrected chi connectivity index (χ0v) is 17.2. The average Bonchev–Trinajstić information content (AvgIpc) is 2.78. The summed E-state index contributed by atoms with van der Waals surface area (Å²) in [6.07, 6.45) is 5.64. The van der Waals surface area contributed by atoms with Crippen LogP contribution in [0.2, 0.25) is 0 Å². The third kappa shape index (κ3) is 6.07. The highest BCUT2D eigenvalue weighted by Gasteiger charge is 2.16. The summed E-state index contributed by atoms with van der Waals surface area (Å²) in [5.74, 6) is -0.479. The van der Waals surface area contributed by atoms with Gasteiger partial charge in [-0.2, -0.15) is 0 Å². The first-order chi connectivity index (χ1) is 14.5. The Labute approximate surface area is 176 Å². The van der Waals surface area contributed by atoms with E-state index < -0.39 is 0 Å². The van der Waals surface area contributed by atoms with Gasteiger partial charge in [-0.25, -0.2) is 0 Å². The van der Waals surface area contributed by atoms with E-state index in [1.54, 1.807) is 49.5 Å². The summed E-state index contributed by atoms with van der Waals surface area (Å²) in [6, 6.07) is 14.1. The number of hydrogen-bond acceptors (Lipinski definition) is 4. The number of carbonyl (C=O) groups is 3. The number of anilines is 2. The Bertz CT molecular complexity index is 890. The summed E-state index contributed by atoms with van der Waals surface area (Å²) in [6.45, 7) is 0.0604. The quantitative estimate of drug-likeness (QED) is 0.565. The lowest BCUT2D eigenvalue weighted by molar-refractivity contribution is -0.114. The normalized spacial score (nSPS) is 13.9. The highest BCUT2D eigenvalue weighted by molar-refractivity contribution is 5.97. The van der Waals surface area contributed by atoms with Crippen LogP contribution in [0, 0.1) is 0 Å². The fourth-order valence-corrected chi connectivity index (χ4v) is 3.52. The molecule has 0 heterocycles. The largest absolute Gasteiger partial charge is 0.376 e. The molecule has 0 radical (unpaired) electrons. The molecule has 0 aromatic heterocycles. The van der Waals surface area contributed by atoms with Crippen LogP contribution in [0.1, 0.15) is 52.8 Å². The first kappa shape index (κ1) is 21.4. The number of benzene rings is 2. The summed E-state index contributed by atoms with van der Waals surface area (Å²) < 4.78 is 0. The molecule has 7 nitrogen and oxygen atoms in total. The van der Waals surface area contributed by atoms with Gasteiger partial charge in [0.25, 0.3) is 11.8 Å². The highest BCUT2D eigenvalue weighted by Crippen LogP contribution is 2.18. The van der Waals surface area contributed by atoms with Gasteiger partial charge in [0, 0.05) is 35.6 Å². The minimum absolute atomic E-state index is 0.0604. The number of rotatable bonds is 7. The van der Waals surface area contributed by atoms with E-state index >= 15 is 0 Å². The third-order valence-corrected chi connectivity index (χ3v) is 5.18. The third-order valence-electron chi connectivity index (χ3n) is 5.18. The van der Waals surface area contributed by atoms with Crippen LogP contribution < -0.4 is 21.3 Å². The Hall–Kier alpha value is -3.35. The maximum absolute atomic E-state index is 12.5. The molecule has 2 aromatic carbocycles. The predicted molar refractivity (Wildman–Crippen MR) is 118 cm³/mol. The van der Waals surface area contributed by atoms with Crippen molar-refractivity contribution in [1.29, 1.82) is 0 Å². The van der Waals surface area contributed by atoms with Gasteiger partial charge in [0.1, 0.15) is 0 Å². The number of carbonyl (C=O) groups excluding carboxylic acids is 3. The lowest BCUT2D eigenvalue weighted by Gasteiger charge is -2.22. The molecular formula is C23H28N4O3. The van der Waals surface area contributed by atoms with Crippen molar-refractivity contribution in [3.63, 3.8) is 0 Å². The summed E-state index contributed by atoms with van der Waals surface area (Å²) >= 11 is 0. The predicted octanol–water partition coefficient (Wildman–Crippen LogP) is 3.16. The molecule has 3 rings (SSSR count). The first-order valence-electron chi connectivity index (χ1n) is 10.3. The second-order valence-corrected chi connectivity index (χ2v) is 7.45. The maximum atomic E-state index is 12.5. The van der Waals surface area contributed by atoms with Crippen LogP contribution in [0.25, 0.3) is 0 Å². The molecule has 1 saturated carbocycles. The van der Waals surface area contributed by atoms with Crippen LogP contribution in [0.3, 0.4) is 0 Å². The molecule has 30 heavy (non-hydrogen) atoms. The topological polar surface area (TPSA) is 99.3 Å². The molecule has 1 fully saturated rings. The molecular weight excluding hydrogens is 380 g/mol. The number of nitrogens with one attached hydrogen (secondary N) is 4. The minimum atomic E-state index is -0.222. The van der Waals surface area contributed by atoms with E-state index in [-0.39, 0.29) is 30.3 Å². The minimum Gasteiger partial charge on any atom is -0.376 e. The molecule has 2 aromatic rings. The number of amides is 3. The molecule has 1 aliphatic carbocycles. The van der Waals surface area contributed by atoms with Crippen LogP contribution in [0.4, 0.5) is 11.4 Å². The van der Waals surface area contributed by atoms with Crippen molar-refractivity contribution in [2.45, 2.75) is 38.1 Å². The standard InChI is InChI=1S/C23H28N4O3/c1-24-22(29)16-10-12-19(13-11-16)26-21(28)15-25-20-9-5-6-17(14-20)23(30)27-18-7-3-2-4-8-18/h5-6,9-14,18,25H,2-4,7-8,15H2,1H3,(H,24,29)(H,26,28)(H,27,30). The van der Waals surface area contributed by atoms with Gasteiger partial charge in [0.2, 0.25) is 5.91 Å². The van der Waals surface area contributed by atoms with Crippen LogP contribution in [-0.4, -0.2) is 37.4 Å². The van der Waals surface area contributed by atoms with Crippen molar-refractivity contribution in [2.24, 2.45) is 0 Å². The Morgan fingerprint density at radius 1 is 0.867 bits per heavy atom. The van der Waals surface area contributed by atoms with Crippen LogP contribution in [0.5, 0.6) is 0 Å². The van der Waals surface area contributed by atoms with E-state index in [0.717, 1.165) is 25.7 Å². The van der Waals surface area contributed by atoms with Gasteiger partial charge in [-0.3, -0.25) is 14.4 Å². The molecule has 0 aliphatic heterocycles. The van der Waals surface area contributed by atoms with Gasteiger partial charge in [-0.15, -0.1) is 0 Å². The summed E-state index contributed by atoms with van der Waals surface area (Å²) in [7, 11) is 1.57. The molecule has 0 unspecified atom stereocenters. The van der Waals surface area contributed by atoms with Crippen molar-refractivity contribution in [1.82, 2.24) is 10.6 Å². The Morgan fingerprint density at radius 2 is 1.60 bits per heavy atom. The van der Waals surface area contributed by atoms with Gasteiger partial charge in [-0.1, -0.05) is 25.3 Å². The first-order valence-corrected chi connectivity index (χ1v) is 10.3. The fraction of sp³-hybridized carbons (Fsp3) is 0.348. The summed E-state index contributed by atoms with van der Waals surface area (Å²) in [5.41, 5.74) is 2.42. The molecule has 3 amide bonds. The molecule has 0 saturated heterocycles. The molecule has 7 heteroatoms. The zero-order chi connectivity index (χ0) is 21.3. The Kier molecular flexibility index (Phi) is 7.43. The summed E-state index contributed by atoms with van der Waals surface area (Å²) in [5, 5.41) is 11.5. The fourth-order valence-electron chi connectivity index (χ4n) is 3.52. The molecule has 1 aliphatic rings. The Balaban J connectivity index is 1.50. The second kappa shape index (κ2) is 10.4. The van der Waals surface area contributed by atoms with Crippen molar-refractivity contribution in [2.75, 3.05) is 24.2 Å². The van der Waals surface area contributed by atoms with E-state index in [0.29, 0.717) is 22.5 Å². The van der Waals surface area contributed by atoms with Crippen molar-refractivity contribution >= 4 is 29.1 Å². The molecule has 0 atom stereocenters. The lowest BCUT2D eigenvalue weighted by atomic mass is 9.95. The average molecular weight is 409 g/mol. The van der Waals surface area contributed by atoms with Crippen LogP contribution >= 0.6 is 0 Å². The lowest BCUT2D eigenvalue weighted by Crippen LogP contribution is -2.36.